The predicted octanol–water partition coefficient (Wildman–Crippen LogP) is 2.35. The molecule has 2 heterocycles. The molecule has 6 nitrogen and oxygen atoms in total. The minimum atomic E-state index is -0.390. The number of hydrogen-bond donors (Lipinski definition) is 1. The molecular weight excluding hydrogens is 349 g/mol. The average molecular weight is 379 g/mol. The molecule has 0 bridgehead atoms. The number of nitrogens with zero attached hydrogens (tertiary/aromatic N) is 2. The third kappa shape index (κ3) is 6.07. The molecule has 27 heavy (non-hydrogen) atoms. The van der Waals surface area contributed by atoms with Gasteiger partial charge in [-0.15, -0.1) is 0 Å². The maximum atomic E-state index is 13.6. The van der Waals surface area contributed by atoms with E-state index in [-0.39, 0.29) is 24.4 Å². The summed E-state index contributed by atoms with van der Waals surface area (Å²) in [5.41, 5.74) is 0. The number of halogens is 1. The molecule has 0 radical (unpaired) electrons. The highest BCUT2D eigenvalue weighted by Gasteiger charge is 2.25. The Morgan fingerprint density at radius 2 is 1.96 bits per heavy atom. The molecule has 3 rings (SSSR count). The van der Waals surface area contributed by atoms with Crippen LogP contribution >= 0.6 is 0 Å². The normalized spacial score (nSPS) is 20.3. The summed E-state index contributed by atoms with van der Waals surface area (Å²) in [6.45, 7) is 8.45. The van der Waals surface area contributed by atoms with Gasteiger partial charge in [-0.25, -0.2) is 9.18 Å². The van der Waals surface area contributed by atoms with Gasteiger partial charge in [0.05, 0.1) is 19.3 Å². The SMILES string of the molecule is C[C@H](COc1ccccc1F)NC(=O)N1CCC(CN2CCOCC2)CC1. The van der Waals surface area contributed by atoms with Crippen molar-refractivity contribution in [3.05, 3.63) is 30.1 Å². The lowest BCUT2D eigenvalue weighted by molar-refractivity contribution is 0.0258. The molecule has 1 aromatic carbocycles. The van der Waals surface area contributed by atoms with Crippen molar-refractivity contribution in [1.82, 2.24) is 15.1 Å². The zero-order chi connectivity index (χ0) is 19.1. The van der Waals surface area contributed by atoms with E-state index in [9.17, 15) is 9.18 Å². The Hall–Kier alpha value is -1.86. The molecule has 1 N–H and O–H groups in total. The lowest BCUT2D eigenvalue weighted by Gasteiger charge is -2.36. The van der Waals surface area contributed by atoms with Crippen LogP contribution in [0.3, 0.4) is 0 Å². The van der Waals surface area contributed by atoms with Crippen molar-refractivity contribution in [2.24, 2.45) is 5.92 Å². The summed E-state index contributed by atoms with van der Waals surface area (Å²) in [4.78, 5) is 16.8. The fourth-order valence-electron chi connectivity index (χ4n) is 3.59. The highest BCUT2D eigenvalue weighted by atomic mass is 19.1. The molecule has 0 spiro atoms. The predicted molar refractivity (Wildman–Crippen MR) is 101 cm³/mol. The average Bonchev–Trinajstić information content (AvgIpc) is 2.69. The molecule has 0 saturated carbocycles. The Morgan fingerprint density at radius 1 is 1.26 bits per heavy atom. The highest BCUT2D eigenvalue weighted by molar-refractivity contribution is 5.74. The van der Waals surface area contributed by atoms with E-state index in [0.29, 0.717) is 5.92 Å². The lowest BCUT2D eigenvalue weighted by atomic mass is 9.96. The fourth-order valence-corrected chi connectivity index (χ4v) is 3.59. The van der Waals surface area contributed by atoms with Crippen LogP contribution in [-0.4, -0.2) is 74.4 Å². The van der Waals surface area contributed by atoms with E-state index in [1.165, 1.54) is 6.07 Å². The summed E-state index contributed by atoms with van der Waals surface area (Å²) in [5, 5.41) is 2.95. The number of carbonyl (C=O) groups is 1. The molecule has 7 heteroatoms. The van der Waals surface area contributed by atoms with E-state index in [0.717, 1.165) is 58.8 Å². The van der Waals surface area contributed by atoms with Crippen molar-refractivity contribution in [2.75, 3.05) is 52.5 Å². The number of rotatable bonds is 6. The largest absolute Gasteiger partial charge is 0.488 e. The van der Waals surface area contributed by atoms with Crippen LogP contribution in [0.1, 0.15) is 19.8 Å². The molecule has 0 unspecified atom stereocenters. The summed E-state index contributed by atoms with van der Waals surface area (Å²) in [7, 11) is 0. The van der Waals surface area contributed by atoms with Gasteiger partial charge in [0.25, 0.3) is 0 Å². The van der Waals surface area contributed by atoms with Crippen molar-refractivity contribution >= 4 is 6.03 Å². The summed E-state index contributed by atoms with van der Waals surface area (Å²) >= 11 is 0. The fraction of sp³-hybridized carbons (Fsp3) is 0.650. The van der Waals surface area contributed by atoms with Gasteiger partial charge in [0.2, 0.25) is 0 Å². The third-order valence-electron chi connectivity index (χ3n) is 5.22. The number of piperidine rings is 1. The monoisotopic (exact) mass is 379 g/mol. The molecule has 2 aliphatic rings. The van der Waals surface area contributed by atoms with E-state index in [2.05, 4.69) is 10.2 Å². The zero-order valence-corrected chi connectivity index (χ0v) is 16.0. The zero-order valence-electron chi connectivity index (χ0n) is 16.0. The smallest absolute Gasteiger partial charge is 0.317 e. The standard InChI is InChI=1S/C20H30FN3O3/c1-16(15-27-19-5-3-2-4-18(19)21)22-20(25)24-8-6-17(7-9-24)14-23-10-12-26-13-11-23/h2-5,16-17H,6-15H2,1H3,(H,22,25)/t16-/m1/s1. The summed E-state index contributed by atoms with van der Waals surface area (Å²) in [6, 6.07) is 6.04. The van der Waals surface area contributed by atoms with E-state index in [1.807, 2.05) is 11.8 Å². The Morgan fingerprint density at radius 3 is 2.67 bits per heavy atom. The van der Waals surface area contributed by atoms with E-state index in [1.54, 1.807) is 18.2 Å². The molecule has 2 fully saturated rings. The molecule has 1 atom stereocenters. The summed E-state index contributed by atoms with van der Waals surface area (Å²) < 4.78 is 24.4. The first-order chi connectivity index (χ1) is 13.1. The summed E-state index contributed by atoms with van der Waals surface area (Å²) in [6.07, 6.45) is 2.07. The van der Waals surface area contributed by atoms with Crippen LogP contribution in [0, 0.1) is 11.7 Å². The van der Waals surface area contributed by atoms with Gasteiger partial charge >= 0.3 is 6.03 Å². The van der Waals surface area contributed by atoms with Crippen molar-refractivity contribution in [3.63, 3.8) is 0 Å². The Labute approximate surface area is 160 Å². The molecule has 2 amide bonds. The molecule has 2 saturated heterocycles. The second-order valence-corrected chi connectivity index (χ2v) is 7.44. The maximum absolute atomic E-state index is 13.6. The van der Waals surface area contributed by atoms with Gasteiger partial charge in [0, 0.05) is 32.7 Å². The van der Waals surface area contributed by atoms with Crippen molar-refractivity contribution in [3.8, 4) is 5.75 Å². The van der Waals surface area contributed by atoms with Crippen LogP contribution in [0.4, 0.5) is 9.18 Å². The van der Waals surface area contributed by atoms with Crippen LogP contribution in [0.25, 0.3) is 0 Å². The minimum Gasteiger partial charge on any atom is -0.488 e. The van der Waals surface area contributed by atoms with E-state index in [4.69, 9.17) is 9.47 Å². The number of benzene rings is 1. The van der Waals surface area contributed by atoms with Crippen LogP contribution in [-0.2, 0) is 4.74 Å². The third-order valence-corrected chi connectivity index (χ3v) is 5.22. The Balaban J connectivity index is 1.35. The number of urea groups is 1. The molecule has 0 aromatic heterocycles. The van der Waals surface area contributed by atoms with Crippen molar-refractivity contribution in [2.45, 2.75) is 25.8 Å². The molecule has 1 aromatic rings. The first kappa shape index (κ1) is 19.9. The van der Waals surface area contributed by atoms with Gasteiger partial charge in [-0.05, 0) is 37.8 Å². The second kappa shape index (κ2) is 9.90. The Kier molecular flexibility index (Phi) is 7.29. The van der Waals surface area contributed by atoms with Crippen LogP contribution in [0.5, 0.6) is 5.75 Å². The first-order valence-electron chi connectivity index (χ1n) is 9.84. The van der Waals surface area contributed by atoms with Gasteiger partial charge in [-0.2, -0.15) is 0 Å². The second-order valence-electron chi connectivity index (χ2n) is 7.44. The van der Waals surface area contributed by atoms with Gasteiger partial charge in [0.15, 0.2) is 11.6 Å². The van der Waals surface area contributed by atoms with Crippen molar-refractivity contribution < 1.29 is 18.7 Å². The number of hydrogen-bond acceptors (Lipinski definition) is 4. The number of likely N-dealkylation sites (tertiary alicyclic amines) is 1. The molecule has 150 valence electrons. The van der Waals surface area contributed by atoms with Crippen LogP contribution in [0.15, 0.2) is 24.3 Å². The maximum Gasteiger partial charge on any atom is 0.317 e. The summed E-state index contributed by atoms with van der Waals surface area (Å²) in [5.74, 6) is 0.467. The number of para-hydroxylation sites is 1. The highest BCUT2D eigenvalue weighted by Crippen LogP contribution is 2.19. The first-order valence-corrected chi connectivity index (χ1v) is 9.84. The quantitative estimate of drug-likeness (QED) is 0.824. The van der Waals surface area contributed by atoms with E-state index >= 15 is 0 Å². The van der Waals surface area contributed by atoms with Gasteiger partial charge in [-0.1, -0.05) is 12.1 Å². The van der Waals surface area contributed by atoms with Crippen LogP contribution < -0.4 is 10.1 Å². The van der Waals surface area contributed by atoms with Crippen LogP contribution in [0.2, 0.25) is 0 Å². The number of amides is 2. The van der Waals surface area contributed by atoms with Gasteiger partial charge in [0.1, 0.15) is 6.61 Å². The van der Waals surface area contributed by atoms with Gasteiger partial charge in [-0.3, -0.25) is 4.90 Å². The van der Waals surface area contributed by atoms with E-state index < -0.39 is 5.82 Å². The lowest BCUT2D eigenvalue weighted by Crippen LogP contribution is -2.49. The molecule has 0 aliphatic carbocycles. The van der Waals surface area contributed by atoms with Crippen molar-refractivity contribution in [1.29, 1.82) is 0 Å². The Bertz CT molecular complexity index is 602. The van der Waals surface area contributed by atoms with Gasteiger partial charge < -0.3 is 19.7 Å². The number of nitrogens with one attached hydrogen (secondary N) is 1. The number of carbonyl (C=O) groups excluding carboxylic acids is 1. The molecular formula is C20H30FN3O3. The number of morpholine rings is 1. The minimum absolute atomic E-state index is 0.0653. The number of ether oxygens (including phenoxy) is 2. The molecule has 2 aliphatic heterocycles. The topological polar surface area (TPSA) is 54.0 Å².